The lowest BCUT2D eigenvalue weighted by Gasteiger charge is -2.34. The smallest absolute Gasteiger partial charge is 0.313 e. The molecule has 0 spiro atoms. The normalized spacial score (nSPS) is 17.6. The van der Waals surface area contributed by atoms with E-state index in [1.807, 2.05) is 13.0 Å². The minimum Gasteiger partial charge on any atom is -0.348 e. The van der Waals surface area contributed by atoms with Gasteiger partial charge in [0.15, 0.2) is 0 Å². The molecule has 3 rings (SSSR count). The van der Waals surface area contributed by atoms with Crippen molar-refractivity contribution in [1.82, 2.24) is 9.62 Å². The first-order valence-electron chi connectivity index (χ1n) is 9.59. The zero-order valence-electron chi connectivity index (χ0n) is 16.3. The summed E-state index contributed by atoms with van der Waals surface area (Å²) in [5, 5.41) is 6.92. The van der Waals surface area contributed by atoms with Crippen LogP contribution in [0.2, 0.25) is 0 Å². The van der Waals surface area contributed by atoms with Crippen LogP contribution in [0.4, 0.5) is 5.69 Å². The molecule has 1 atom stereocenters. The van der Waals surface area contributed by atoms with Gasteiger partial charge < -0.3 is 10.6 Å². The monoisotopic (exact) mass is 435 g/mol. The largest absolute Gasteiger partial charge is 0.348 e. The Balaban J connectivity index is 1.54. The number of piperidine rings is 1. The van der Waals surface area contributed by atoms with Gasteiger partial charge in [0.05, 0.1) is 0 Å². The number of nitrogens with zero attached hydrogens (tertiary/aromatic N) is 1. The van der Waals surface area contributed by atoms with Crippen molar-refractivity contribution < 1.29 is 18.0 Å². The molecular weight excluding hydrogens is 410 g/mol. The second-order valence-electron chi connectivity index (χ2n) is 7.07. The standard InChI is InChI=1S/C20H25N3O4S2/c1-15-6-4-7-16(14-15)22-20(25)19(24)21-11-10-17-8-2-3-12-23(17)29(26,27)18-9-5-13-28-18/h4-7,9,13-14,17H,2-3,8,10-12H2,1H3,(H,21,24)(H,22,25)/t17-/m1/s1. The number of amides is 2. The van der Waals surface area contributed by atoms with E-state index in [2.05, 4.69) is 10.6 Å². The molecular formula is C20H25N3O4S2. The van der Waals surface area contributed by atoms with Gasteiger partial charge in [-0.05, 0) is 55.3 Å². The summed E-state index contributed by atoms with van der Waals surface area (Å²) < 4.78 is 27.6. The van der Waals surface area contributed by atoms with Crippen LogP contribution in [0.5, 0.6) is 0 Å². The van der Waals surface area contributed by atoms with Crippen LogP contribution in [-0.2, 0) is 19.6 Å². The SMILES string of the molecule is Cc1cccc(NC(=O)C(=O)NCC[C@H]2CCCCN2S(=O)(=O)c2cccs2)c1. The number of thiophene rings is 1. The van der Waals surface area contributed by atoms with Crippen LogP contribution in [0.15, 0.2) is 46.0 Å². The number of carbonyl (C=O) groups is 2. The molecule has 29 heavy (non-hydrogen) atoms. The van der Waals surface area contributed by atoms with Gasteiger partial charge in [0.25, 0.3) is 10.0 Å². The van der Waals surface area contributed by atoms with E-state index < -0.39 is 21.8 Å². The number of carbonyl (C=O) groups excluding carboxylic acids is 2. The lowest BCUT2D eigenvalue weighted by atomic mass is 10.0. The zero-order valence-corrected chi connectivity index (χ0v) is 17.9. The summed E-state index contributed by atoms with van der Waals surface area (Å²) in [6.45, 7) is 2.61. The maximum absolute atomic E-state index is 12.9. The summed E-state index contributed by atoms with van der Waals surface area (Å²) in [5.74, 6) is -1.46. The topological polar surface area (TPSA) is 95.6 Å². The average molecular weight is 436 g/mol. The molecule has 1 fully saturated rings. The number of anilines is 1. The fourth-order valence-corrected chi connectivity index (χ4v) is 6.29. The Morgan fingerprint density at radius 1 is 1.17 bits per heavy atom. The molecule has 1 aliphatic rings. The first kappa shape index (κ1) is 21.5. The number of aryl methyl sites for hydroxylation is 1. The molecule has 0 bridgehead atoms. The lowest BCUT2D eigenvalue weighted by molar-refractivity contribution is -0.136. The van der Waals surface area contributed by atoms with Gasteiger partial charge in [0, 0.05) is 24.8 Å². The maximum Gasteiger partial charge on any atom is 0.313 e. The van der Waals surface area contributed by atoms with Crippen LogP contribution in [0, 0.1) is 6.92 Å². The van der Waals surface area contributed by atoms with E-state index in [9.17, 15) is 18.0 Å². The van der Waals surface area contributed by atoms with Gasteiger partial charge >= 0.3 is 11.8 Å². The molecule has 7 nitrogen and oxygen atoms in total. The Morgan fingerprint density at radius 3 is 2.72 bits per heavy atom. The Morgan fingerprint density at radius 2 is 2.00 bits per heavy atom. The van der Waals surface area contributed by atoms with Gasteiger partial charge in [-0.25, -0.2) is 8.42 Å². The van der Waals surface area contributed by atoms with E-state index in [4.69, 9.17) is 0 Å². The van der Waals surface area contributed by atoms with Crippen LogP contribution in [-0.4, -0.2) is 43.7 Å². The van der Waals surface area contributed by atoms with Crippen molar-refractivity contribution in [3.05, 3.63) is 47.3 Å². The first-order chi connectivity index (χ1) is 13.9. The zero-order chi connectivity index (χ0) is 20.9. The van der Waals surface area contributed by atoms with Crippen molar-refractivity contribution >= 4 is 38.9 Å². The highest BCUT2D eigenvalue weighted by Gasteiger charge is 2.33. The van der Waals surface area contributed by atoms with Crippen molar-refractivity contribution in [2.24, 2.45) is 0 Å². The molecule has 2 aromatic rings. The number of hydrogen-bond acceptors (Lipinski definition) is 5. The summed E-state index contributed by atoms with van der Waals surface area (Å²) in [4.78, 5) is 24.1. The minimum absolute atomic E-state index is 0.184. The molecule has 2 amide bonds. The molecule has 1 aromatic heterocycles. The van der Waals surface area contributed by atoms with Crippen LogP contribution in [0.25, 0.3) is 0 Å². The van der Waals surface area contributed by atoms with Crippen LogP contribution in [0.3, 0.4) is 0 Å². The third kappa shape index (κ3) is 5.43. The molecule has 1 saturated heterocycles. The van der Waals surface area contributed by atoms with E-state index >= 15 is 0 Å². The molecule has 9 heteroatoms. The predicted octanol–water partition coefficient (Wildman–Crippen LogP) is 2.74. The summed E-state index contributed by atoms with van der Waals surface area (Å²) in [6, 6.07) is 10.3. The third-order valence-electron chi connectivity index (χ3n) is 4.88. The highest BCUT2D eigenvalue weighted by atomic mass is 32.2. The molecule has 156 valence electrons. The van der Waals surface area contributed by atoms with Crippen LogP contribution < -0.4 is 10.6 Å². The molecule has 1 aliphatic heterocycles. The molecule has 0 unspecified atom stereocenters. The number of nitrogens with one attached hydrogen (secondary N) is 2. The van der Waals surface area contributed by atoms with E-state index in [0.717, 1.165) is 24.8 Å². The number of rotatable bonds is 6. The highest BCUT2D eigenvalue weighted by Crippen LogP contribution is 2.29. The first-order valence-corrected chi connectivity index (χ1v) is 11.9. The lowest BCUT2D eigenvalue weighted by Crippen LogP contribution is -2.45. The molecule has 2 N–H and O–H groups in total. The van der Waals surface area contributed by atoms with E-state index in [0.29, 0.717) is 22.9 Å². The summed E-state index contributed by atoms with van der Waals surface area (Å²) in [5.41, 5.74) is 1.54. The quantitative estimate of drug-likeness (QED) is 0.682. The van der Waals surface area contributed by atoms with E-state index in [1.165, 1.54) is 11.3 Å². The Labute approximate surface area is 175 Å². The molecule has 0 aliphatic carbocycles. The Kier molecular flexibility index (Phi) is 7.05. The van der Waals surface area contributed by atoms with Gasteiger partial charge in [-0.2, -0.15) is 4.31 Å². The van der Waals surface area contributed by atoms with Crippen molar-refractivity contribution in [2.45, 2.75) is 42.9 Å². The number of benzene rings is 1. The number of hydrogen-bond donors (Lipinski definition) is 2. The van der Waals surface area contributed by atoms with Gasteiger partial charge in [-0.15, -0.1) is 11.3 Å². The summed E-state index contributed by atoms with van der Waals surface area (Å²) in [6.07, 6.45) is 2.99. The van der Waals surface area contributed by atoms with Gasteiger partial charge in [-0.1, -0.05) is 24.6 Å². The fourth-order valence-electron chi connectivity index (χ4n) is 3.45. The second-order valence-corrected chi connectivity index (χ2v) is 10.1. The average Bonchev–Trinajstić information content (AvgIpc) is 3.24. The second kappa shape index (κ2) is 9.51. The van der Waals surface area contributed by atoms with Crippen LogP contribution >= 0.6 is 11.3 Å². The number of sulfonamides is 1. The van der Waals surface area contributed by atoms with E-state index in [1.54, 1.807) is 40.0 Å². The van der Waals surface area contributed by atoms with Crippen molar-refractivity contribution in [3.63, 3.8) is 0 Å². The van der Waals surface area contributed by atoms with Gasteiger partial charge in [0.2, 0.25) is 0 Å². The molecule has 1 aromatic carbocycles. The van der Waals surface area contributed by atoms with Crippen molar-refractivity contribution in [2.75, 3.05) is 18.4 Å². The molecule has 2 heterocycles. The van der Waals surface area contributed by atoms with E-state index in [-0.39, 0.29) is 12.6 Å². The van der Waals surface area contributed by atoms with Crippen molar-refractivity contribution in [3.8, 4) is 0 Å². The van der Waals surface area contributed by atoms with Crippen LogP contribution in [0.1, 0.15) is 31.2 Å². The Hall–Kier alpha value is -2.23. The van der Waals surface area contributed by atoms with Gasteiger partial charge in [0.1, 0.15) is 4.21 Å². The van der Waals surface area contributed by atoms with Gasteiger partial charge in [-0.3, -0.25) is 9.59 Å². The third-order valence-corrected chi connectivity index (χ3v) is 8.20. The fraction of sp³-hybridized carbons (Fsp3) is 0.400. The molecule has 0 saturated carbocycles. The van der Waals surface area contributed by atoms with Crippen molar-refractivity contribution in [1.29, 1.82) is 0 Å². The summed E-state index contributed by atoms with van der Waals surface area (Å²) >= 11 is 1.21. The maximum atomic E-state index is 12.9. The molecule has 0 radical (unpaired) electrons. The Bertz CT molecular complexity index is 958. The summed E-state index contributed by atoms with van der Waals surface area (Å²) in [7, 11) is -3.52. The highest BCUT2D eigenvalue weighted by molar-refractivity contribution is 7.91. The predicted molar refractivity (Wildman–Crippen MR) is 113 cm³/mol. The minimum atomic E-state index is -3.52.